The van der Waals surface area contributed by atoms with Crippen LogP contribution in [0.15, 0.2) is 11.6 Å². The Labute approximate surface area is 55.2 Å². The van der Waals surface area contributed by atoms with Gasteiger partial charge in [-0.3, -0.25) is 4.79 Å². The van der Waals surface area contributed by atoms with Gasteiger partial charge in [-0.25, -0.2) is 0 Å². The normalized spacial score (nSPS) is 15.3. The van der Waals surface area contributed by atoms with Gasteiger partial charge >= 0.3 is 0 Å². The molecule has 0 bridgehead atoms. The molecule has 2 heteroatoms. The van der Waals surface area contributed by atoms with E-state index < -0.39 is 6.10 Å². The molecule has 0 saturated carbocycles. The number of aliphatic hydroxyl groups excluding tert-OH is 1. The van der Waals surface area contributed by atoms with Crippen molar-refractivity contribution in [3.8, 4) is 0 Å². The lowest BCUT2D eigenvalue weighted by Crippen LogP contribution is -1.99. The third kappa shape index (κ3) is 3.91. The molecule has 52 valence electrons. The fourth-order valence-corrected chi connectivity index (χ4v) is 0.479. The van der Waals surface area contributed by atoms with E-state index in [1.807, 2.05) is 0 Å². The van der Waals surface area contributed by atoms with Gasteiger partial charge in [0.15, 0.2) is 5.78 Å². The zero-order valence-corrected chi connectivity index (χ0v) is 6.01. The van der Waals surface area contributed by atoms with Gasteiger partial charge in [-0.05, 0) is 26.3 Å². The van der Waals surface area contributed by atoms with Crippen molar-refractivity contribution >= 4 is 5.78 Å². The summed E-state index contributed by atoms with van der Waals surface area (Å²) in [6, 6.07) is 0. The number of allylic oxidation sites excluding steroid dienone is 1. The van der Waals surface area contributed by atoms with E-state index in [0.717, 1.165) is 0 Å². The van der Waals surface area contributed by atoms with Crippen LogP contribution in [0.25, 0.3) is 0 Å². The third-order valence-electron chi connectivity index (χ3n) is 1.05. The van der Waals surface area contributed by atoms with Crippen LogP contribution in [0.1, 0.15) is 20.8 Å². The minimum absolute atomic E-state index is 0.0101. The van der Waals surface area contributed by atoms with Crippen molar-refractivity contribution in [2.75, 3.05) is 0 Å². The second-order valence-electron chi connectivity index (χ2n) is 2.15. The lowest BCUT2D eigenvalue weighted by atomic mass is 10.2. The van der Waals surface area contributed by atoms with E-state index >= 15 is 0 Å². The van der Waals surface area contributed by atoms with Gasteiger partial charge in [0.2, 0.25) is 0 Å². The first-order valence-electron chi connectivity index (χ1n) is 2.91. The zero-order valence-electron chi connectivity index (χ0n) is 6.01. The Bertz CT molecular complexity index is 134. The molecule has 0 heterocycles. The maximum Gasteiger partial charge on any atom is 0.155 e. The van der Waals surface area contributed by atoms with Crippen molar-refractivity contribution in [1.82, 2.24) is 0 Å². The molecular weight excluding hydrogens is 116 g/mol. The zero-order chi connectivity index (χ0) is 7.44. The lowest BCUT2D eigenvalue weighted by Gasteiger charge is -1.96. The monoisotopic (exact) mass is 128 g/mol. The van der Waals surface area contributed by atoms with Crippen LogP contribution in [0, 0.1) is 0 Å². The van der Waals surface area contributed by atoms with Crippen molar-refractivity contribution in [1.29, 1.82) is 0 Å². The predicted molar refractivity (Wildman–Crippen MR) is 36.1 cm³/mol. The number of hydrogen-bond donors (Lipinski definition) is 1. The first kappa shape index (κ1) is 8.37. The molecule has 0 saturated heterocycles. The predicted octanol–water partition coefficient (Wildman–Crippen LogP) is 0.902. The van der Waals surface area contributed by atoms with Crippen molar-refractivity contribution < 1.29 is 9.90 Å². The molecule has 0 spiro atoms. The molecule has 0 rings (SSSR count). The Balaban J connectivity index is 4.00. The summed E-state index contributed by atoms with van der Waals surface area (Å²) in [5.41, 5.74) is 0.616. The molecule has 0 aliphatic carbocycles. The van der Waals surface area contributed by atoms with Crippen LogP contribution in [-0.2, 0) is 4.79 Å². The fourth-order valence-electron chi connectivity index (χ4n) is 0.479. The fraction of sp³-hybridized carbons (Fsp3) is 0.571. The number of carbonyl (C=O) groups is 1. The summed E-state index contributed by atoms with van der Waals surface area (Å²) in [6.07, 6.45) is 1.01. The maximum atomic E-state index is 10.5. The molecule has 0 amide bonds. The number of Topliss-reactive ketones (excluding diaryl/α,β-unsaturated/α-hetero) is 1. The minimum atomic E-state index is -0.520. The van der Waals surface area contributed by atoms with E-state index in [0.29, 0.717) is 5.57 Å². The lowest BCUT2D eigenvalue weighted by molar-refractivity contribution is -0.113. The molecule has 0 aromatic rings. The van der Waals surface area contributed by atoms with E-state index in [-0.39, 0.29) is 5.78 Å². The number of carbonyl (C=O) groups excluding carboxylic acids is 1. The van der Waals surface area contributed by atoms with Crippen molar-refractivity contribution in [2.24, 2.45) is 0 Å². The standard InChI is InChI=1S/C7H12O2/c1-5(7(3)9)4-6(2)8/h4,6,8H,1-3H3/b5-4-. The summed E-state index contributed by atoms with van der Waals surface area (Å²) in [4.78, 5) is 10.5. The van der Waals surface area contributed by atoms with Gasteiger partial charge in [0.05, 0.1) is 6.10 Å². The molecule has 9 heavy (non-hydrogen) atoms. The highest BCUT2D eigenvalue weighted by molar-refractivity contribution is 5.92. The SMILES string of the molecule is CC(=O)/C(C)=C\C(C)O. The molecular formula is C7H12O2. The molecule has 0 aliphatic heterocycles. The first-order valence-corrected chi connectivity index (χ1v) is 2.91. The molecule has 0 fully saturated rings. The first-order chi connectivity index (χ1) is 4.04. The number of ketones is 1. The molecule has 1 N–H and O–H groups in total. The molecule has 0 radical (unpaired) electrons. The quantitative estimate of drug-likeness (QED) is 0.561. The maximum absolute atomic E-state index is 10.5. The highest BCUT2D eigenvalue weighted by atomic mass is 16.3. The van der Waals surface area contributed by atoms with Crippen LogP contribution in [0.2, 0.25) is 0 Å². The smallest absolute Gasteiger partial charge is 0.155 e. The van der Waals surface area contributed by atoms with Gasteiger partial charge in [0.1, 0.15) is 0 Å². The number of rotatable bonds is 2. The minimum Gasteiger partial charge on any atom is -0.389 e. The molecule has 0 aromatic carbocycles. The van der Waals surface area contributed by atoms with E-state index in [1.165, 1.54) is 13.0 Å². The molecule has 1 atom stereocenters. The second-order valence-corrected chi connectivity index (χ2v) is 2.15. The average Bonchev–Trinajstić information content (AvgIpc) is 1.63. The van der Waals surface area contributed by atoms with Crippen LogP contribution in [0.5, 0.6) is 0 Å². The van der Waals surface area contributed by atoms with Crippen molar-refractivity contribution in [2.45, 2.75) is 26.9 Å². The van der Waals surface area contributed by atoms with Crippen LogP contribution in [0.4, 0.5) is 0 Å². The van der Waals surface area contributed by atoms with Gasteiger partial charge in [0, 0.05) is 0 Å². The molecule has 1 unspecified atom stereocenters. The van der Waals surface area contributed by atoms with Crippen molar-refractivity contribution in [3.05, 3.63) is 11.6 Å². The van der Waals surface area contributed by atoms with Gasteiger partial charge in [-0.15, -0.1) is 0 Å². The summed E-state index contributed by atoms with van der Waals surface area (Å²) in [7, 11) is 0. The third-order valence-corrected chi connectivity index (χ3v) is 1.05. The molecule has 0 aromatic heterocycles. The van der Waals surface area contributed by atoms with Crippen LogP contribution < -0.4 is 0 Å². The Morgan fingerprint density at radius 1 is 1.56 bits per heavy atom. The Morgan fingerprint density at radius 2 is 2.00 bits per heavy atom. The summed E-state index contributed by atoms with van der Waals surface area (Å²) in [6.45, 7) is 4.79. The van der Waals surface area contributed by atoms with Gasteiger partial charge in [-0.2, -0.15) is 0 Å². The van der Waals surface area contributed by atoms with E-state index in [9.17, 15) is 4.79 Å². The van der Waals surface area contributed by atoms with Crippen LogP contribution in [-0.4, -0.2) is 17.0 Å². The van der Waals surface area contributed by atoms with E-state index in [4.69, 9.17) is 5.11 Å². The summed E-state index contributed by atoms with van der Waals surface area (Å²) < 4.78 is 0. The van der Waals surface area contributed by atoms with E-state index in [1.54, 1.807) is 13.8 Å². The van der Waals surface area contributed by atoms with Gasteiger partial charge in [0.25, 0.3) is 0 Å². The van der Waals surface area contributed by atoms with Gasteiger partial charge in [-0.1, -0.05) is 6.08 Å². The number of aliphatic hydroxyl groups is 1. The number of hydrogen-bond acceptors (Lipinski definition) is 2. The summed E-state index contributed by atoms with van der Waals surface area (Å²) >= 11 is 0. The van der Waals surface area contributed by atoms with Crippen LogP contribution >= 0.6 is 0 Å². The Kier molecular flexibility index (Phi) is 3.17. The molecule has 0 aliphatic rings. The molecule has 2 nitrogen and oxygen atoms in total. The Morgan fingerprint density at radius 3 is 2.11 bits per heavy atom. The topological polar surface area (TPSA) is 37.3 Å². The van der Waals surface area contributed by atoms with Crippen molar-refractivity contribution in [3.63, 3.8) is 0 Å². The van der Waals surface area contributed by atoms with Gasteiger partial charge < -0.3 is 5.11 Å². The second kappa shape index (κ2) is 3.41. The highest BCUT2D eigenvalue weighted by Gasteiger charge is 1.96. The largest absolute Gasteiger partial charge is 0.389 e. The average molecular weight is 128 g/mol. The summed E-state index contributed by atoms with van der Waals surface area (Å²) in [5, 5.41) is 8.74. The highest BCUT2D eigenvalue weighted by Crippen LogP contribution is 1.95. The summed E-state index contributed by atoms with van der Waals surface area (Å²) in [5.74, 6) is 0.0101. The Hall–Kier alpha value is -0.630. The van der Waals surface area contributed by atoms with Crippen LogP contribution in [0.3, 0.4) is 0 Å². The van der Waals surface area contributed by atoms with E-state index in [2.05, 4.69) is 0 Å².